The van der Waals surface area contributed by atoms with E-state index in [2.05, 4.69) is 5.32 Å². The molecule has 0 bridgehead atoms. The molecular weight excluding hydrogens is 558 g/mol. The van der Waals surface area contributed by atoms with Crippen LogP contribution in [0.25, 0.3) is 0 Å². The van der Waals surface area contributed by atoms with Crippen LogP contribution in [0.4, 0.5) is 5.69 Å². The van der Waals surface area contributed by atoms with Crippen molar-refractivity contribution in [1.82, 2.24) is 10.2 Å². The largest absolute Gasteiger partial charge is 0.352 e. The van der Waals surface area contributed by atoms with E-state index in [4.69, 9.17) is 11.6 Å². The van der Waals surface area contributed by atoms with Crippen molar-refractivity contribution in [3.8, 4) is 0 Å². The van der Waals surface area contributed by atoms with E-state index in [-0.39, 0.29) is 29.1 Å². The number of amides is 2. The lowest BCUT2D eigenvalue weighted by atomic mass is 9.95. The average molecular weight is 596 g/mol. The molecule has 4 rings (SSSR count). The molecule has 1 saturated carbocycles. The Bertz CT molecular complexity index is 1420. The topological polar surface area (TPSA) is 86.8 Å². The van der Waals surface area contributed by atoms with E-state index in [1.54, 1.807) is 36.4 Å². The van der Waals surface area contributed by atoms with Gasteiger partial charge in [-0.1, -0.05) is 91.9 Å². The number of carbonyl (C=O) groups excluding carboxylic acids is 2. The third-order valence-corrected chi connectivity index (χ3v) is 9.54. The molecule has 41 heavy (non-hydrogen) atoms. The number of nitrogens with zero attached hydrogens (tertiary/aromatic N) is 2. The minimum absolute atomic E-state index is 0.0555. The zero-order chi connectivity index (χ0) is 29.4. The van der Waals surface area contributed by atoms with Gasteiger partial charge in [-0.25, -0.2) is 8.42 Å². The summed E-state index contributed by atoms with van der Waals surface area (Å²) >= 11 is 6.24. The summed E-state index contributed by atoms with van der Waals surface area (Å²) < 4.78 is 28.8. The summed E-state index contributed by atoms with van der Waals surface area (Å²) in [5.41, 5.74) is 2.20. The Morgan fingerprint density at radius 1 is 0.951 bits per heavy atom. The average Bonchev–Trinajstić information content (AvgIpc) is 2.97. The van der Waals surface area contributed by atoms with Crippen molar-refractivity contribution in [3.63, 3.8) is 0 Å². The van der Waals surface area contributed by atoms with Crippen molar-refractivity contribution in [2.75, 3.05) is 10.8 Å². The predicted octanol–water partition coefficient (Wildman–Crippen LogP) is 6.10. The van der Waals surface area contributed by atoms with Gasteiger partial charge < -0.3 is 10.2 Å². The zero-order valence-electron chi connectivity index (χ0n) is 23.6. The van der Waals surface area contributed by atoms with Gasteiger partial charge in [-0.2, -0.15) is 0 Å². The van der Waals surface area contributed by atoms with Gasteiger partial charge in [-0.05, 0) is 62.1 Å². The molecule has 0 saturated heterocycles. The molecule has 0 radical (unpaired) electrons. The van der Waals surface area contributed by atoms with Gasteiger partial charge in [0.2, 0.25) is 11.8 Å². The number of aryl methyl sites for hydroxylation is 1. The van der Waals surface area contributed by atoms with Gasteiger partial charge in [0, 0.05) is 17.6 Å². The third kappa shape index (κ3) is 7.89. The van der Waals surface area contributed by atoms with Gasteiger partial charge in [0.1, 0.15) is 12.6 Å². The number of nitrogens with one attached hydrogen (secondary N) is 1. The van der Waals surface area contributed by atoms with Crippen LogP contribution in [0, 0.1) is 6.92 Å². The lowest BCUT2D eigenvalue weighted by Crippen LogP contribution is -2.54. The molecule has 1 N–H and O–H groups in total. The molecule has 0 aromatic heterocycles. The van der Waals surface area contributed by atoms with E-state index in [1.807, 2.05) is 38.1 Å². The van der Waals surface area contributed by atoms with Crippen LogP contribution in [-0.2, 0) is 26.2 Å². The Labute approximate surface area is 248 Å². The van der Waals surface area contributed by atoms with Gasteiger partial charge in [0.15, 0.2) is 0 Å². The summed E-state index contributed by atoms with van der Waals surface area (Å²) in [6, 6.07) is 21.5. The maximum Gasteiger partial charge on any atom is 0.264 e. The molecule has 2 amide bonds. The minimum atomic E-state index is -4.13. The van der Waals surface area contributed by atoms with E-state index >= 15 is 0 Å². The molecule has 3 aromatic carbocycles. The highest BCUT2D eigenvalue weighted by atomic mass is 35.5. The van der Waals surface area contributed by atoms with E-state index in [9.17, 15) is 18.0 Å². The van der Waals surface area contributed by atoms with Crippen LogP contribution in [0.5, 0.6) is 0 Å². The van der Waals surface area contributed by atoms with Crippen LogP contribution >= 0.6 is 11.6 Å². The summed E-state index contributed by atoms with van der Waals surface area (Å²) in [6.45, 7) is 3.54. The monoisotopic (exact) mass is 595 g/mol. The second kappa shape index (κ2) is 14.0. The Kier molecular flexibility index (Phi) is 10.5. The third-order valence-electron chi connectivity index (χ3n) is 7.52. The predicted molar refractivity (Wildman–Crippen MR) is 163 cm³/mol. The van der Waals surface area contributed by atoms with Crippen molar-refractivity contribution in [2.24, 2.45) is 0 Å². The second-order valence-corrected chi connectivity index (χ2v) is 12.9. The summed E-state index contributed by atoms with van der Waals surface area (Å²) in [7, 11) is -4.13. The van der Waals surface area contributed by atoms with Gasteiger partial charge >= 0.3 is 0 Å². The molecule has 0 aliphatic heterocycles. The van der Waals surface area contributed by atoms with Crippen molar-refractivity contribution in [1.29, 1.82) is 0 Å². The maximum absolute atomic E-state index is 14.2. The molecule has 1 atom stereocenters. The standard InChI is InChI=1S/C32H38ClN3O4S/c1-3-30(32(38)34-27-12-6-4-7-13-27)35(22-25-19-17-24(2)18-20-25)31(37)23-36(28-14-10-11-26(33)21-28)41(39,40)29-15-8-5-9-16-29/h5,8-11,14-21,27,30H,3-4,6-7,12-13,22-23H2,1-2H3,(H,34,38). The first-order valence-electron chi connectivity index (χ1n) is 14.2. The number of hydrogen-bond donors (Lipinski definition) is 1. The molecule has 218 valence electrons. The fourth-order valence-corrected chi connectivity index (χ4v) is 6.85. The highest BCUT2D eigenvalue weighted by Gasteiger charge is 2.34. The lowest BCUT2D eigenvalue weighted by Gasteiger charge is -2.34. The van der Waals surface area contributed by atoms with Crippen LogP contribution in [0.15, 0.2) is 83.8 Å². The van der Waals surface area contributed by atoms with Crippen LogP contribution < -0.4 is 9.62 Å². The van der Waals surface area contributed by atoms with Crippen molar-refractivity contribution >= 4 is 39.1 Å². The van der Waals surface area contributed by atoms with Crippen molar-refractivity contribution in [3.05, 3.63) is 95.0 Å². The zero-order valence-corrected chi connectivity index (χ0v) is 25.2. The fourth-order valence-electron chi connectivity index (χ4n) is 5.23. The minimum Gasteiger partial charge on any atom is -0.352 e. The quantitative estimate of drug-likeness (QED) is 0.290. The molecule has 7 nitrogen and oxygen atoms in total. The molecule has 1 unspecified atom stereocenters. The molecule has 1 aliphatic carbocycles. The Balaban J connectivity index is 1.69. The lowest BCUT2D eigenvalue weighted by molar-refractivity contribution is -0.140. The fraction of sp³-hybridized carbons (Fsp3) is 0.375. The highest BCUT2D eigenvalue weighted by Crippen LogP contribution is 2.27. The first kappa shape index (κ1) is 30.6. The van der Waals surface area contributed by atoms with Crippen molar-refractivity contribution in [2.45, 2.75) is 75.9 Å². The molecule has 1 aliphatic rings. The molecule has 3 aromatic rings. The molecule has 0 heterocycles. The Morgan fingerprint density at radius 2 is 1.63 bits per heavy atom. The smallest absolute Gasteiger partial charge is 0.264 e. The summed E-state index contributed by atoms with van der Waals surface area (Å²) in [5, 5.41) is 3.51. The van der Waals surface area contributed by atoms with Crippen LogP contribution in [0.3, 0.4) is 0 Å². The van der Waals surface area contributed by atoms with E-state index in [0.717, 1.165) is 47.5 Å². The summed E-state index contributed by atoms with van der Waals surface area (Å²) in [5.74, 6) is -0.684. The van der Waals surface area contributed by atoms with Crippen LogP contribution in [0.2, 0.25) is 5.02 Å². The molecule has 9 heteroatoms. The van der Waals surface area contributed by atoms with Gasteiger partial charge in [-0.3, -0.25) is 13.9 Å². The SMILES string of the molecule is CCC(C(=O)NC1CCCCC1)N(Cc1ccc(C)cc1)C(=O)CN(c1cccc(Cl)c1)S(=O)(=O)c1ccccc1. The maximum atomic E-state index is 14.2. The number of carbonyl (C=O) groups is 2. The van der Waals surface area contributed by atoms with E-state index < -0.39 is 28.5 Å². The van der Waals surface area contributed by atoms with Crippen LogP contribution in [-0.4, -0.2) is 43.8 Å². The van der Waals surface area contributed by atoms with Crippen LogP contribution in [0.1, 0.15) is 56.6 Å². The number of benzene rings is 3. The number of sulfonamides is 1. The number of rotatable bonds is 11. The van der Waals surface area contributed by atoms with Gasteiger partial charge in [-0.15, -0.1) is 0 Å². The molecule has 1 fully saturated rings. The number of hydrogen-bond acceptors (Lipinski definition) is 4. The molecule has 0 spiro atoms. The number of anilines is 1. The second-order valence-electron chi connectivity index (χ2n) is 10.6. The summed E-state index contributed by atoms with van der Waals surface area (Å²) in [4.78, 5) is 29.3. The van der Waals surface area contributed by atoms with E-state index in [1.165, 1.54) is 23.1 Å². The van der Waals surface area contributed by atoms with Gasteiger partial charge in [0.05, 0.1) is 10.6 Å². The number of halogens is 1. The summed E-state index contributed by atoms with van der Waals surface area (Å²) in [6.07, 6.45) is 5.53. The van der Waals surface area contributed by atoms with Crippen molar-refractivity contribution < 1.29 is 18.0 Å². The highest BCUT2D eigenvalue weighted by molar-refractivity contribution is 7.92. The Hall–Kier alpha value is -3.36. The first-order valence-corrected chi connectivity index (χ1v) is 16.0. The molecular formula is C32H38ClN3O4S. The first-order chi connectivity index (χ1) is 19.7. The van der Waals surface area contributed by atoms with Gasteiger partial charge in [0.25, 0.3) is 10.0 Å². The van der Waals surface area contributed by atoms with E-state index in [0.29, 0.717) is 11.4 Å². The Morgan fingerprint density at radius 3 is 2.27 bits per heavy atom. The normalized spacial score (nSPS) is 14.7.